The van der Waals surface area contributed by atoms with Gasteiger partial charge < -0.3 is 40.8 Å². The van der Waals surface area contributed by atoms with Crippen LogP contribution in [0.5, 0.6) is 0 Å². The van der Waals surface area contributed by atoms with E-state index < -0.39 is 5.91 Å². The van der Waals surface area contributed by atoms with Crippen molar-refractivity contribution in [3.05, 3.63) is 0 Å². The normalized spacial score (nSPS) is 15.4. The van der Waals surface area contributed by atoms with Gasteiger partial charge in [-0.05, 0) is 0 Å². The first kappa shape index (κ1) is 28.3. The van der Waals surface area contributed by atoms with Gasteiger partial charge in [0.25, 0.3) is 0 Å². The number of ether oxygens (including phenoxy) is 3. The molecule has 0 spiro atoms. The summed E-state index contributed by atoms with van der Waals surface area (Å²) in [5.74, 6) is -1.50. The Morgan fingerprint density at radius 1 is 0.879 bits per heavy atom. The second-order valence-corrected chi connectivity index (χ2v) is 7.41. The van der Waals surface area contributed by atoms with E-state index in [1.165, 1.54) is 4.90 Å². The second kappa shape index (κ2) is 16.8. The molecule has 0 aromatic heterocycles. The number of carbonyl (C=O) groups excluding carboxylic acids is 5. The quantitative estimate of drug-likeness (QED) is 0.153. The Balaban J connectivity index is 1.88. The Kier molecular flexibility index (Phi) is 14.4. The van der Waals surface area contributed by atoms with E-state index in [9.17, 15) is 24.0 Å². The third kappa shape index (κ3) is 14.1. The molecule has 13 nitrogen and oxygen atoms in total. The zero-order valence-electron chi connectivity index (χ0n) is 19.1. The van der Waals surface area contributed by atoms with Crippen LogP contribution in [0.4, 0.5) is 0 Å². The fourth-order valence-corrected chi connectivity index (χ4v) is 2.80. The Hall–Kier alpha value is -2.77. The van der Waals surface area contributed by atoms with Crippen LogP contribution in [0.3, 0.4) is 0 Å². The van der Waals surface area contributed by atoms with Crippen molar-refractivity contribution in [3.8, 4) is 0 Å². The van der Waals surface area contributed by atoms with Gasteiger partial charge in [0.1, 0.15) is 6.61 Å². The lowest BCUT2D eigenvalue weighted by molar-refractivity contribution is -0.128. The predicted octanol–water partition coefficient (Wildman–Crippen LogP) is -2.87. The number of amides is 5. The number of nitrogens with zero attached hydrogens (tertiary/aromatic N) is 1. The van der Waals surface area contributed by atoms with E-state index in [0.717, 1.165) is 0 Å². The minimum atomic E-state index is -0.444. The summed E-state index contributed by atoms with van der Waals surface area (Å²) in [6.07, 6.45) is 0.522. The molecule has 0 radical (unpaired) electrons. The van der Waals surface area contributed by atoms with E-state index in [1.807, 2.05) is 0 Å². The molecule has 1 rings (SSSR count). The van der Waals surface area contributed by atoms with Crippen LogP contribution in [0.25, 0.3) is 0 Å². The second-order valence-electron chi connectivity index (χ2n) is 7.41. The van der Waals surface area contributed by atoms with Crippen LogP contribution < -0.4 is 21.7 Å². The van der Waals surface area contributed by atoms with Crippen LogP contribution in [0.15, 0.2) is 0 Å². The maximum absolute atomic E-state index is 11.9. The number of nitrogens with one attached hydrogen (secondary N) is 3. The lowest BCUT2D eigenvalue weighted by Gasteiger charge is -2.11. The fourth-order valence-electron chi connectivity index (χ4n) is 2.80. The molecule has 0 bridgehead atoms. The summed E-state index contributed by atoms with van der Waals surface area (Å²) in [5.41, 5.74) is 4.97. The van der Waals surface area contributed by atoms with Gasteiger partial charge in [-0.25, -0.2) is 0 Å². The van der Waals surface area contributed by atoms with Gasteiger partial charge in [-0.2, -0.15) is 0 Å². The van der Waals surface area contributed by atoms with Gasteiger partial charge in [-0.3, -0.25) is 24.0 Å². The molecule has 5 N–H and O–H groups in total. The van der Waals surface area contributed by atoms with Crippen LogP contribution in [0, 0.1) is 5.92 Å². The van der Waals surface area contributed by atoms with Crippen molar-refractivity contribution in [2.24, 2.45) is 11.7 Å². The van der Waals surface area contributed by atoms with Crippen molar-refractivity contribution < 1.29 is 38.2 Å². The van der Waals surface area contributed by atoms with Crippen molar-refractivity contribution in [1.29, 1.82) is 0 Å². The first-order valence-corrected chi connectivity index (χ1v) is 10.9. The van der Waals surface area contributed by atoms with E-state index in [4.69, 9.17) is 19.9 Å². The van der Waals surface area contributed by atoms with Gasteiger partial charge in [0, 0.05) is 52.5 Å². The number of primary amides is 1. The molecule has 0 aliphatic carbocycles. The van der Waals surface area contributed by atoms with Gasteiger partial charge in [-0.15, -0.1) is 0 Å². The van der Waals surface area contributed by atoms with Crippen molar-refractivity contribution in [3.63, 3.8) is 0 Å². The predicted molar refractivity (Wildman–Crippen MR) is 116 cm³/mol. The van der Waals surface area contributed by atoms with Crippen molar-refractivity contribution in [1.82, 2.24) is 20.9 Å². The Bertz CT molecular complexity index is 660. The third-order valence-electron chi connectivity index (χ3n) is 4.59. The van der Waals surface area contributed by atoms with Crippen LogP contribution >= 0.6 is 0 Å². The molecule has 5 amide bonds. The highest BCUT2D eigenvalue weighted by Crippen LogP contribution is 2.15. The Morgan fingerprint density at radius 3 is 2.06 bits per heavy atom. The Labute approximate surface area is 193 Å². The van der Waals surface area contributed by atoms with Crippen LogP contribution in [-0.4, -0.2) is 107 Å². The summed E-state index contributed by atoms with van der Waals surface area (Å²) in [5, 5.41) is 7.96. The highest BCUT2D eigenvalue weighted by Gasteiger charge is 2.31. The van der Waals surface area contributed by atoms with Crippen molar-refractivity contribution in [2.45, 2.75) is 19.3 Å². The number of carbonyl (C=O) groups is 5. The zero-order valence-corrected chi connectivity index (χ0v) is 19.1. The van der Waals surface area contributed by atoms with E-state index in [-0.39, 0.29) is 95.0 Å². The van der Waals surface area contributed by atoms with Gasteiger partial charge in [-0.1, -0.05) is 0 Å². The van der Waals surface area contributed by atoms with Crippen LogP contribution in [0.1, 0.15) is 19.3 Å². The summed E-state index contributed by atoms with van der Waals surface area (Å²) < 4.78 is 15.6. The largest absolute Gasteiger partial charge is 0.379 e. The first-order chi connectivity index (χ1) is 15.8. The van der Waals surface area contributed by atoms with Crippen LogP contribution in [-0.2, 0) is 38.2 Å². The number of hydrogen-bond donors (Lipinski definition) is 4. The molecular formula is C20H35N5O8. The van der Waals surface area contributed by atoms with Crippen molar-refractivity contribution >= 4 is 29.5 Å². The lowest BCUT2D eigenvalue weighted by Crippen LogP contribution is -2.34. The molecule has 0 saturated carbocycles. The molecular weight excluding hydrogens is 438 g/mol. The molecule has 13 heteroatoms. The maximum atomic E-state index is 11.9. The highest BCUT2D eigenvalue weighted by atomic mass is 16.5. The summed E-state index contributed by atoms with van der Waals surface area (Å²) in [6.45, 7) is 2.27. The Morgan fingerprint density at radius 2 is 1.45 bits per heavy atom. The SMILES string of the molecule is CN1CC(C(=O)NCCOCCC(=O)NCCOCC(=O)NCCOCCC(N)=O)CC1=O. The average Bonchev–Trinajstić information content (AvgIpc) is 3.10. The fraction of sp³-hybridized carbons (Fsp3) is 0.750. The molecule has 1 aliphatic heterocycles. The minimum Gasteiger partial charge on any atom is -0.379 e. The maximum Gasteiger partial charge on any atom is 0.246 e. The first-order valence-electron chi connectivity index (χ1n) is 10.9. The highest BCUT2D eigenvalue weighted by molar-refractivity contribution is 5.89. The van der Waals surface area contributed by atoms with E-state index in [2.05, 4.69) is 16.0 Å². The van der Waals surface area contributed by atoms with Crippen LogP contribution in [0.2, 0.25) is 0 Å². The number of likely N-dealkylation sites (tertiary alicyclic amines) is 1. The van der Waals surface area contributed by atoms with Gasteiger partial charge in [0.15, 0.2) is 0 Å². The number of rotatable bonds is 18. The topological polar surface area (TPSA) is 178 Å². The van der Waals surface area contributed by atoms with Gasteiger partial charge in [0.2, 0.25) is 29.5 Å². The molecule has 1 fully saturated rings. The smallest absolute Gasteiger partial charge is 0.246 e. The molecule has 0 aromatic rings. The summed E-state index contributed by atoms with van der Waals surface area (Å²) >= 11 is 0. The third-order valence-corrected chi connectivity index (χ3v) is 4.59. The molecule has 0 aromatic carbocycles. The van der Waals surface area contributed by atoms with E-state index >= 15 is 0 Å². The van der Waals surface area contributed by atoms with Gasteiger partial charge in [0.05, 0.1) is 39.0 Å². The lowest BCUT2D eigenvalue weighted by atomic mass is 10.1. The van der Waals surface area contributed by atoms with E-state index in [1.54, 1.807) is 7.05 Å². The standard InChI is InChI=1S/C20H35N5O8/c1-25-13-15(12-19(25)29)20(30)24-6-10-32-8-3-17(27)22-5-11-33-14-18(28)23-4-9-31-7-2-16(21)26/h15H,2-14H2,1H3,(H2,21,26)(H,22,27)(H,23,28)(H,24,30). The zero-order chi connectivity index (χ0) is 24.5. The molecule has 1 aliphatic rings. The molecule has 188 valence electrons. The molecule has 1 saturated heterocycles. The molecule has 1 heterocycles. The number of hydrogen-bond acceptors (Lipinski definition) is 8. The molecule has 1 atom stereocenters. The monoisotopic (exact) mass is 473 g/mol. The molecule has 1 unspecified atom stereocenters. The molecule has 33 heavy (non-hydrogen) atoms. The van der Waals surface area contributed by atoms with E-state index in [0.29, 0.717) is 19.6 Å². The van der Waals surface area contributed by atoms with Crippen molar-refractivity contribution in [2.75, 3.05) is 72.9 Å². The average molecular weight is 474 g/mol. The minimum absolute atomic E-state index is 0.0358. The number of nitrogens with two attached hydrogens (primary N) is 1. The summed E-state index contributed by atoms with van der Waals surface area (Å²) in [6, 6.07) is 0. The van der Waals surface area contributed by atoms with Gasteiger partial charge >= 0.3 is 0 Å². The summed E-state index contributed by atoms with van der Waals surface area (Å²) in [4.78, 5) is 58.7. The summed E-state index contributed by atoms with van der Waals surface area (Å²) in [7, 11) is 1.67.